The molecule has 0 spiro atoms. The van der Waals surface area contributed by atoms with Crippen LogP contribution in [0.3, 0.4) is 0 Å². The molecule has 0 N–H and O–H groups in total. The van der Waals surface area contributed by atoms with E-state index < -0.39 is 0 Å². The minimum atomic E-state index is -0.129. The number of halogens is 2. The maximum atomic E-state index is 12.2. The van der Waals surface area contributed by atoms with Gasteiger partial charge >= 0.3 is 0 Å². The van der Waals surface area contributed by atoms with Crippen LogP contribution in [-0.2, 0) is 0 Å². The third kappa shape index (κ3) is 3.30. The summed E-state index contributed by atoms with van der Waals surface area (Å²) in [4.78, 5) is 24.5. The van der Waals surface area contributed by atoms with Gasteiger partial charge in [0.25, 0.3) is 5.91 Å². The lowest BCUT2D eigenvalue weighted by molar-refractivity contribution is 0.0745. The molecule has 1 fully saturated rings. The number of nitrogens with zero attached hydrogens (tertiary/aromatic N) is 6. The Hall–Kier alpha value is -1.32. The molecule has 0 saturated carbocycles. The second-order valence-electron chi connectivity index (χ2n) is 4.34. The van der Waals surface area contributed by atoms with Crippen LogP contribution in [0.5, 0.6) is 0 Å². The van der Waals surface area contributed by atoms with E-state index in [2.05, 4.69) is 36.1 Å². The highest BCUT2D eigenvalue weighted by Crippen LogP contribution is 2.18. The lowest BCUT2D eigenvalue weighted by Crippen LogP contribution is -2.49. The lowest BCUT2D eigenvalue weighted by Gasteiger charge is -2.34. The zero-order chi connectivity index (χ0) is 14.8. The number of anilines is 1. The predicted molar refractivity (Wildman–Crippen MR) is 82.8 cm³/mol. The van der Waals surface area contributed by atoms with Crippen molar-refractivity contribution < 1.29 is 4.79 Å². The molecule has 10 heteroatoms. The molecule has 1 aliphatic rings. The Bertz CT molecular complexity index is 642. The molecule has 3 heterocycles. The van der Waals surface area contributed by atoms with Gasteiger partial charge < -0.3 is 9.80 Å². The highest BCUT2D eigenvalue weighted by Gasteiger charge is 2.25. The topological polar surface area (TPSA) is 75.1 Å². The Balaban J connectivity index is 1.62. The number of amides is 1. The third-order valence-electron chi connectivity index (χ3n) is 3.04. The number of carbonyl (C=O) groups is 1. The summed E-state index contributed by atoms with van der Waals surface area (Å²) in [6.45, 7) is 2.55. The molecule has 3 rings (SSSR count). The minimum Gasteiger partial charge on any atom is -0.337 e. The molecule has 1 saturated heterocycles. The maximum absolute atomic E-state index is 12.2. The first-order valence-electron chi connectivity index (χ1n) is 6.14. The van der Waals surface area contributed by atoms with Gasteiger partial charge in [0.05, 0.1) is 4.47 Å². The van der Waals surface area contributed by atoms with Gasteiger partial charge in [0.15, 0.2) is 0 Å². The summed E-state index contributed by atoms with van der Waals surface area (Å²) in [5.74, 6) is 0.542. The van der Waals surface area contributed by atoms with Gasteiger partial charge in [-0.25, -0.2) is 9.97 Å². The van der Waals surface area contributed by atoms with E-state index in [-0.39, 0.29) is 10.4 Å². The molecule has 1 amide bonds. The first-order valence-corrected chi connectivity index (χ1v) is 8.13. The second kappa shape index (κ2) is 6.20. The van der Waals surface area contributed by atoms with Crippen LogP contribution in [0, 0.1) is 0 Å². The average molecular weight is 390 g/mol. The maximum Gasteiger partial charge on any atom is 0.285 e. The molecule has 0 unspecified atom stereocenters. The Labute approximate surface area is 138 Å². The van der Waals surface area contributed by atoms with Crippen LogP contribution in [0.1, 0.15) is 9.80 Å². The van der Waals surface area contributed by atoms with Gasteiger partial charge in [0, 0.05) is 38.6 Å². The summed E-state index contributed by atoms with van der Waals surface area (Å²) in [7, 11) is 0. The number of piperazine rings is 1. The van der Waals surface area contributed by atoms with Crippen molar-refractivity contribution in [3.05, 3.63) is 26.3 Å². The van der Waals surface area contributed by atoms with Crippen molar-refractivity contribution in [1.29, 1.82) is 0 Å². The van der Waals surface area contributed by atoms with Gasteiger partial charge in [0.1, 0.15) is 0 Å². The predicted octanol–water partition coefficient (Wildman–Crippen LogP) is 1.71. The first-order chi connectivity index (χ1) is 10.1. The summed E-state index contributed by atoms with van der Waals surface area (Å²) < 4.78 is 1.12. The largest absolute Gasteiger partial charge is 0.337 e. The first kappa shape index (κ1) is 14.6. The number of hydrogen-bond acceptors (Lipinski definition) is 7. The van der Waals surface area contributed by atoms with Crippen LogP contribution >= 0.6 is 38.9 Å². The quantitative estimate of drug-likeness (QED) is 0.778. The SMILES string of the molecule is O=C(c1nnc(Cl)s1)N1CCN(c2ncc(Br)cn2)CC1. The van der Waals surface area contributed by atoms with Crippen molar-refractivity contribution in [3.8, 4) is 0 Å². The van der Waals surface area contributed by atoms with Crippen molar-refractivity contribution in [2.45, 2.75) is 0 Å². The van der Waals surface area contributed by atoms with E-state index in [0.29, 0.717) is 37.1 Å². The Morgan fingerprint density at radius 2 is 1.86 bits per heavy atom. The Morgan fingerprint density at radius 3 is 2.43 bits per heavy atom. The molecular weight excluding hydrogens is 380 g/mol. The zero-order valence-corrected chi connectivity index (χ0v) is 13.9. The van der Waals surface area contributed by atoms with E-state index in [1.807, 2.05) is 4.90 Å². The van der Waals surface area contributed by atoms with Gasteiger partial charge in [0.2, 0.25) is 15.4 Å². The fourth-order valence-electron chi connectivity index (χ4n) is 2.01. The molecule has 0 aromatic carbocycles. The molecule has 21 heavy (non-hydrogen) atoms. The molecule has 0 bridgehead atoms. The summed E-state index contributed by atoms with van der Waals surface area (Å²) in [5.41, 5.74) is 0. The molecule has 7 nitrogen and oxygen atoms in total. The zero-order valence-electron chi connectivity index (χ0n) is 10.7. The molecule has 0 aliphatic carbocycles. The number of rotatable bonds is 2. The fraction of sp³-hybridized carbons (Fsp3) is 0.364. The van der Waals surface area contributed by atoms with Crippen molar-refractivity contribution in [1.82, 2.24) is 25.1 Å². The monoisotopic (exact) mass is 388 g/mol. The normalized spacial score (nSPS) is 15.3. The van der Waals surface area contributed by atoms with Gasteiger partial charge in [-0.2, -0.15) is 0 Å². The van der Waals surface area contributed by atoms with Crippen LogP contribution < -0.4 is 4.90 Å². The number of carbonyl (C=O) groups excluding carboxylic acids is 1. The second-order valence-corrected chi connectivity index (χ2v) is 6.82. The summed E-state index contributed by atoms with van der Waals surface area (Å²) >= 11 is 10.1. The van der Waals surface area contributed by atoms with E-state index in [1.165, 1.54) is 0 Å². The smallest absolute Gasteiger partial charge is 0.285 e. The average Bonchev–Trinajstić information content (AvgIpc) is 2.94. The van der Waals surface area contributed by atoms with Crippen molar-refractivity contribution in [2.24, 2.45) is 0 Å². The lowest BCUT2D eigenvalue weighted by atomic mass is 10.3. The van der Waals surface area contributed by atoms with Crippen molar-refractivity contribution in [3.63, 3.8) is 0 Å². The Kier molecular flexibility index (Phi) is 4.32. The molecule has 0 radical (unpaired) electrons. The molecule has 1 aliphatic heterocycles. The summed E-state index contributed by atoms with van der Waals surface area (Å²) in [6, 6.07) is 0. The highest BCUT2D eigenvalue weighted by molar-refractivity contribution is 9.10. The molecule has 0 atom stereocenters. The minimum absolute atomic E-state index is 0.129. The standard InChI is InChI=1S/C11H10BrClN6OS/c12-7-5-14-11(15-6-7)19-3-1-18(2-4-19)9(20)8-16-17-10(13)21-8/h5-6H,1-4H2. The summed E-state index contributed by atoms with van der Waals surface area (Å²) in [5, 5.41) is 7.76. The van der Waals surface area contributed by atoms with Crippen LogP contribution in [-0.4, -0.2) is 57.2 Å². The fourth-order valence-corrected chi connectivity index (χ4v) is 3.01. The van der Waals surface area contributed by atoms with E-state index in [4.69, 9.17) is 11.6 Å². The summed E-state index contributed by atoms with van der Waals surface area (Å²) in [6.07, 6.45) is 3.42. The Morgan fingerprint density at radius 1 is 1.19 bits per heavy atom. The van der Waals surface area contributed by atoms with E-state index >= 15 is 0 Å². The number of hydrogen-bond donors (Lipinski definition) is 0. The third-order valence-corrected chi connectivity index (χ3v) is 4.46. The van der Waals surface area contributed by atoms with Gasteiger partial charge in [-0.3, -0.25) is 4.79 Å². The van der Waals surface area contributed by atoms with Crippen LogP contribution in [0.25, 0.3) is 0 Å². The van der Waals surface area contributed by atoms with E-state index in [1.54, 1.807) is 17.3 Å². The van der Waals surface area contributed by atoms with Crippen LogP contribution in [0.15, 0.2) is 16.9 Å². The van der Waals surface area contributed by atoms with E-state index in [0.717, 1.165) is 15.8 Å². The van der Waals surface area contributed by atoms with Crippen molar-refractivity contribution >= 4 is 50.7 Å². The highest BCUT2D eigenvalue weighted by atomic mass is 79.9. The molecule has 110 valence electrons. The van der Waals surface area contributed by atoms with Crippen molar-refractivity contribution in [2.75, 3.05) is 31.1 Å². The van der Waals surface area contributed by atoms with Gasteiger partial charge in [-0.1, -0.05) is 11.3 Å². The van der Waals surface area contributed by atoms with Gasteiger partial charge in [-0.15, -0.1) is 10.2 Å². The molecular formula is C11H10BrClN6OS. The number of aromatic nitrogens is 4. The molecule has 2 aromatic rings. The van der Waals surface area contributed by atoms with E-state index in [9.17, 15) is 4.79 Å². The van der Waals surface area contributed by atoms with Crippen LogP contribution in [0.4, 0.5) is 5.95 Å². The molecule has 2 aromatic heterocycles. The van der Waals surface area contributed by atoms with Crippen LogP contribution in [0.2, 0.25) is 4.47 Å². The van der Waals surface area contributed by atoms with Gasteiger partial charge in [-0.05, 0) is 27.5 Å².